The zero-order valence-corrected chi connectivity index (χ0v) is 14.0. The highest BCUT2D eigenvalue weighted by Crippen LogP contribution is 2.31. The summed E-state index contributed by atoms with van der Waals surface area (Å²) >= 11 is 5.23. The van der Waals surface area contributed by atoms with Crippen molar-refractivity contribution in [2.24, 2.45) is 0 Å². The Hall–Kier alpha value is -3.13. The highest BCUT2D eigenvalue weighted by molar-refractivity contribution is 7.80. The van der Waals surface area contributed by atoms with Crippen molar-refractivity contribution in [3.63, 3.8) is 0 Å². The van der Waals surface area contributed by atoms with Gasteiger partial charge in [-0.1, -0.05) is 0 Å². The minimum Gasteiger partial charge on any atom is -0.508 e. The van der Waals surface area contributed by atoms with Crippen LogP contribution in [-0.2, 0) is 4.74 Å². The van der Waals surface area contributed by atoms with Crippen LogP contribution in [0.1, 0.15) is 27.6 Å². The molecule has 0 aliphatic heterocycles. The second-order valence-corrected chi connectivity index (χ2v) is 5.24. The van der Waals surface area contributed by atoms with E-state index in [1.54, 1.807) is 6.92 Å². The van der Waals surface area contributed by atoms with Crippen molar-refractivity contribution in [2.45, 2.75) is 6.92 Å². The molecular formula is C17H15NO6S. The first-order chi connectivity index (χ1) is 11.8. The maximum Gasteiger partial charge on any atom is 0.337 e. The van der Waals surface area contributed by atoms with Gasteiger partial charge in [0.15, 0.2) is 0 Å². The Morgan fingerprint density at radius 3 is 2.24 bits per heavy atom. The molecular weight excluding hydrogens is 346 g/mol. The molecule has 0 aliphatic rings. The molecule has 0 bridgehead atoms. The molecule has 0 aromatic heterocycles. The highest BCUT2D eigenvalue weighted by atomic mass is 32.1. The van der Waals surface area contributed by atoms with Gasteiger partial charge in [0.1, 0.15) is 5.75 Å². The highest BCUT2D eigenvalue weighted by Gasteiger charge is 2.23. The van der Waals surface area contributed by atoms with Crippen LogP contribution in [0.4, 0.5) is 11.4 Å². The number of ether oxygens (including phenoxy) is 1. The lowest BCUT2D eigenvalue weighted by molar-refractivity contribution is 0.0696. The van der Waals surface area contributed by atoms with Gasteiger partial charge in [-0.25, -0.2) is 9.59 Å². The summed E-state index contributed by atoms with van der Waals surface area (Å²) in [5, 5.41) is 28.0. The molecule has 0 amide bonds. The van der Waals surface area contributed by atoms with Crippen LogP contribution in [0.2, 0.25) is 0 Å². The van der Waals surface area contributed by atoms with Crippen LogP contribution in [-0.4, -0.2) is 39.0 Å². The zero-order valence-electron chi connectivity index (χ0n) is 13.2. The number of anilines is 2. The summed E-state index contributed by atoms with van der Waals surface area (Å²) in [6, 6.07) is 9.61. The lowest BCUT2D eigenvalue weighted by atomic mass is 10.1. The van der Waals surface area contributed by atoms with Gasteiger partial charge in [-0.3, -0.25) is 4.90 Å². The number of aromatic carboxylic acids is 2. The second-order valence-electron chi connectivity index (χ2n) is 4.89. The number of carboxylic acid groups (broad SMARTS) is 2. The van der Waals surface area contributed by atoms with Crippen LogP contribution in [0.3, 0.4) is 0 Å². The van der Waals surface area contributed by atoms with Crippen molar-refractivity contribution >= 4 is 40.7 Å². The van der Waals surface area contributed by atoms with Crippen molar-refractivity contribution in [3.05, 3.63) is 53.6 Å². The summed E-state index contributed by atoms with van der Waals surface area (Å²) in [6.45, 7) is 2.00. The third-order valence-corrected chi connectivity index (χ3v) is 3.57. The molecule has 0 saturated carbocycles. The van der Waals surface area contributed by atoms with E-state index in [4.69, 9.17) is 22.1 Å². The predicted octanol–water partition coefficient (Wildman–Crippen LogP) is 3.25. The number of carbonyl (C=O) groups is 2. The van der Waals surface area contributed by atoms with Gasteiger partial charge in [0.25, 0.3) is 5.17 Å². The second kappa shape index (κ2) is 7.63. The number of rotatable bonds is 5. The molecule has 0 fully saturated rings. The van der Waals surface area contributed by atoms with Crippen LogP contribution in [0, 0.1) is 0 Å². The number of aromatic hydroxyl groups is 1. The molecule has 130 valence electrons. The molecule has 0 aliphatic carbocycles. The van der Waals surface area contributed by atoms with Gasteiger partial charge in [0.05, 0.1) is 29.1 Å². The van der Waals surface area contributed by atoms with Crippen LogP contribution in [0.5, 0.6) is 5.75 Å². The van der Waals surface area contributed by atoms with Gasteiger partial charge in [-0.2, -0.15) is 0 Å². The fourth-order valence-electron chi connectivity index (χ4n) is 2.17. The maximum atomic E-state index is 11.6. The minimum absolute atomic E-state index is 0.00114. The van der Waals surface area contributed by atoms with E-state index >= 15 is 0 Å². The molecule has 25 heavy (non-hydrogen) atoms. The van der Waals surface area contributed by atoms with Crippen molar-refractivity contribution in [1.82, 2.24) is 0 Å². The maximum absolute atomic E-state index is 11.6. The van der Waals surface area contributed by atoms with E-state index < -0.39 is 11.9 Å². The number of benzene rings is 2. The normalized spacial score (nSPS) is 10.1. The number of hydrogen-bond donors (Lipinski definition) is 3. The minimum atomic E-state index is -1.30. The first-order valence-corrected chi connectivity index (χ1v) is 7.62. The first-order valence-electron chi connectivity index (χ1n) is 7.21. The average Bonchev–Trinajstić information content (AvgIpc) is 2.57. The number of phenolic OH excluding ortho intramolecular Hbond substituents is 1. The third-order valence-electron chi connectivity index (χ3n) is 3.27. The van der Waals surface area contributed by atoms with Gasteiger partial charge in [-0.15, -0.1) is 0 Å². The number of nitrogens with zero attached hydrogens (tertiary/aromatic N) is 1. The SMILES string of the molecule is CCOC(=S)N(c1ccc(O)cc1)c1ccc(C(=O)O)cc1C(=O)O. The lowest BCUT2D eigenvalue weighted by Crippen LogP contribution is -2.28. The molecule has 2 aromatic rings. The van der Waals surface area contributed by atoms with Gasteiger partial charge in [0, 0.05) is 0 Å². The molecule has 2 aromatic carbocycles. The fourth-order valence-corrected chi connectivity index (χ4v) is 2.49. The van der Waals surface area contributed by atoms with Gasteiger partial charge >= 0.3 is 11.9 Å². The van der Waals surface area contributed by atoms with E-state index in [1.807, 2.05) is 0 Å². The van der Waals surface area contributed by atoms with E-state index in [0.29, 0.717) is 5.69 Å². The van der Waals surface area contributed by atoms with Crippen molar-refractivity contribution in [3.8, 4) is 5.75 Å². The van der Waals surface area contributed by atoms with Crippen molar-refractivity contribution in [2.75, 3.05) is 11.5 Å². The molecule has 0 atom stereocenters. The average molecular weight is 361 g/mol. The Bertz CT molecular complexity index is 818. The smallest absolute Gasteiger partial charge is 0.337 e. The summed E-state index contributed by atoms with van der Waals surface area (Å²) in [6.07, 6.45) is 0. The van der Waals surface area contributed by atoms with E-state index in [0.717, 1.165) is 6.07 Å². The molecule has 0 unspecified atom stereocenters. The van der Waals surface area contributed by atoms with Crippen molar-refractivity contribution < 1.29 is 29.6 Å². The molecule has 0 radical (unpaired) electrons. The van der Waals surface area contributed by atoms with Gasteiger partial charge in [-0.05, 0) is 61.6 Å². The summed E-state index contributed by atoms with van der Waals surface area (Å²) in [5.74, 6) is -2.51. The summed E-state index contributed by atoms with van der Waals surface area (Å²) < 4.78 is 5.34. The summed E-state index contributed by atoms with van der Waals surface area (Å²) in [5.41, 5.74) is 0.215. The van der Waals surface area contributed by atoms with Crippen LogP contribution < -0.4 is 4.90 Å². The number of carboxylic acids is 2. The van der Waals surface area contributed by atoms with E-state index in [9.17, 15) is 19.8 Å². The zero-order chi connectivity index (χ0) is 18.6. The number of hydrogen-bond acceptors (Lipinski definition) is 5. The molecule has 7 nitrogen and oxygen atoms in total. The summed E-state index contributed by atoms with van der Waals surface area (Å²) in [7, 11) is 0. The lowest BCUT2D eigenvalue weighted by Gasteiger charge is -2.26. The Balaban J connectivity index is 2.64. The van der Waals surface area contributed by atoms with E-state index in [-0.39, 0.29) is 34.3 Å². The third kappa shape index (κ3) is 4.04. The largest absolute Gasteiger partial charge is 0.508 e. The molecule has 2 rings (SSSR count). The standard InChI is InChI=1S/C17H15NO6S/c1-2-24-17(25)18(11-4-6-12(19)7-5-11)14-8-3-10(15(20)21)9-13(14)16(22)23/h3-9,19H,2H2,1H3,(H,20,21)(H,22,23). The molecule has 3 N–H and O–H groups in total. The Morgan fingerprint density at radius 2 is 1.72 bits per heavy atom. The summed E-state index contributed by atoms with van der Waals surface area (Å²) in [4.78, 5) is 24.1. The van der Waals surface area contributed by atoms with Gasteiger partial charge < -0.3 is 20.1 Å². The van der Waals surface area contributed by atoms with Crippen LogP contribution in [0.15, 0.2) is 42.5 Å². The molecule has 0 saturated heterocycles. The van der Waals surface area contributed by atoms with E-state index in [1.165, 1.54) is 41.3 Å². The fraction of sp³-hybridized carbons (Fsp3) is 0.118. The van der Waals surface area contributed by atoms with Crippen LogP contribution >= 0.6 is 12.2 Å². The molecule has 0 heterocycles. The Kier molecular flexibility index (Phi) is 5.56. The Morgan fingerprint density at radius 1 is 1.08 bits per heavy atom. The number of phenols is 1. The van der Waals surface area contributed by atoms with Gasteiger partial charge in [0.2, 0.25) is 0 Å². The topological polar surface area (TPSA) is 107 Å². The number of thiocarbonyl (C=S) groups is 1. The predicted molar refractivity (Wildman–Crippen MR) is 94.8 cm³/mol. The van der Waals surface area contributed by atoms with Crippen LogP contribution in [0.25, 0.3) is 0 Å². The monoisotopic (exact) mass is 361 g/mol. The molecule has 0 spiro atoms. The first kappa shape index (κ1) is 18.2. The Labute approximate surface area is 148 Å². The quantitative estimate of drug-likeness (QED) is 0.697. The van der Waals surface area contributed by atoms with E-state index in [2.05, 4.69) is 0 Å². The molecule has 8 heteroatoms. The van der Waals surface area contributed by atoms with Crippen molar-refractivity contribution in [1.29, 1.82) is 0 Å².